The molecule has 1 aromatic heterocycles. The third-order valence-electron chi connectivity index (χ3n) is 3.02. The van der Waals surface area contributed by atoms with Gasteiger partial charge in [-0.2, -0.15) is 9.40 Å². The lowest BCUT2D eigenvalue weighted by Crippen LogP contribution is -2.27. The SMILES string of the molecule is Cc1ccc(CN(C)S(=O)(=O)c2[nH]ncc2CCl)cc1. The van der Waals surface area contributed by atoms with E-state index < -0.39 is 10.0 Å². The number of aryl methyl sites for hydroxylation is 1. The van der Waals surface area contributed by atoms with E-state index in [-0.39, 0.29) is 10.9 Å². The molecule has 0 saturated carbocycles. The van der Waals surface area contributed by atoms with Crippen LogP contribution < -0.4 is 0 Å². The summed E-state index contributed by atoms with van der Waals surface area (Å²) in [4.78, 5) is 0. The van der Waals surface area contributed by atoms with Gasteiger partial charge in [0, 0.05) is 19.2 Å². The molecule has 1 heterocycles. The Balaban J connectivity index is 2.23. The van der Waals surface area contributed by atoms with Crippen molar-refractivity contribution in [2.75, 3.05) is 7.05 Å². The molecule has 0 amide bonds. The minimum Gasteiger partial charge on any atom is -0.266 e. The number of H-pyrrole nitrogens is 1. The average molecular weight is 314 g/mol. The number of nitrogens with one attached hydrogen (secondary N) is 1. The fourth-order valence-electron chi connectivity index (χ4n) is 1.81. The van der Waals surface area contributed by atoms with Gasteiger partial charge in [-0.25, -0.2) is 8.42 Å². The molecule has 0 aliphatic rings. The zero-order valence-corrected chi connectivity index (χ0v) is 12.9. The summed E-state index contributed by atoms with van der Waals surface area (Å²) in [6, 6.07) is 7.74. The van der Waals surface area contributed by atoms with Crippen LogP contribution in [0.3, 0.4) is 0 Å². The first-order valence-corrected chi connectivity index (χ1v) is 8.02. The van der Waals surface area contributed by atoms with E-state index in [9.17, 15) is 8.42 Å². The van der Waals surface area contributed by atoms with Gasteiger partial charge in [0.05, 0.1) is 12.1 Å². The Morgan fingerprint density at radius 1 is 1.30 bits per heavy atom. The van der Waals surface area contributed by atoms with E-state index in [0.717, 1.165) is 11.1 Å². The quantitative estimate of drug-likeness (QED) is 0.861. The lowest BCUT2D eigenvalue weighted by molar-refractivity contribution is 0.463. The molecule has 1 aromatic carbocycles. The summed E-state index contributed by atoms with van der Waals surface area (Å²) >= 11 is 5.72. The molecule has 1 N–H and O–H groups in total. The predicted octanol–water partition coefficient (Wildman–Crippen LogP) is 2.28. The number of hydrogen-bond donors (Lipinski definition) is 1. The molecule has 2 aromatic rings. The van der Waals surface area contributed by atoms with E-state index in [2.05, 4.69) is 10.2 Å². The van der Waals surface area contributed by atoms with Gasteiger partial charge in [-0.3, -0.25) is 5.10 Å². The molecule has 108 valence electrons. The zero-order chi connectivity index (χ0) is 14.8. The normalized spacial score (nSPS) is 12.0. The van der Waals surface area contributed by atoms with Gasteiger partial charge < -0.3 is 0 Å². The number of aromatic amines is 1. The second kappa shape index (κ2) is 5.95. The van der Waals surface area contributed by atoms with Crippen molar-refractivity contribution in [3.8, 4) is 0 Å². The Bertz CT molecular complexity index is 680. The third kappa shape index (κ3) is 3.03. The van der Waals surface area contributed by atoms with Crippen molar-refractivity contribution in [2.45, 2.75) is 24.4 Å². The minimum atomic E-state index is -3.62. The highest BCUT2D eigenvalue weighted by molar-refractivity contribution is 7.89. The Hall–Kier alpha value is -1.37. The summed E-state index contributed by atoms with van der Waals surface area (Å²) in [5.41, 5.74) is 2.54. The van der Waals surface area contributed by atoms with E-state index in [1.807, 2.05) is 31.2 Å². The average Bonchev–Trinajstić information content (AvgIpc) is 2.90. The first-order chi connectivity index (χ1) is 9.45. The molecule has 0 unspecified atom stereocenters. The van der Waals surface area contributed by atoms with Gasteiger partial charge in [0.2, 0.25) is 0 Å². The number of halogens is 1. The summed E-state index contributed by atoms with van der Waals surface area (Å²) < 4.78 is 26.2. The van der Waals surface area contributed by atoms with Crippen LogP contribution in [0.15, 0.2) is 35.5 Å². The van der Waals surface area contributed by atoms with Crippen LogP contribution in [-0.4, -0.2) is 30.0 Å². The van der Waals surface area contributed by atoms with Crippen LogP contribution in [0.5, 0.6) is 0 Å². The van der Waals surface area contributed by atoms with E-state index in [0.29, 0.717) is 12.1 Å². The maximum atomic E-state index is 12.4. The molecule has 7 heteroatoms. The van der Waals surface area contributed by atoms with Gasteiger partial charge in [-0.15, -0.1) is 11.6 Å². The molecule has 0 fully saturated rings. The second-order valence-electron chi connectivity index (χ2n) is 4.60. The van der Waals surface area contributed by atoms with Crippen LogP contribution in [0.2, 0.25) is 0 Å². The van der Waals surface area contributed by atoms with Crippen molar-refractivity contribution < 1.29 is 8.42 Å². The predicted molar refractivity (Wildman–Crippen MR) is 78.0 cm³/mol. The number of nitrogens with zero attached hydrogens (tertiary/aromatic N) is 2. The topological polar surface area (TPSA) is 66.1 Å². The largest absolute Gasteiger partial charge is 0.266 e. The molecule has 0 radical (unpaired) electrons. The number of hydrogen-bond acceptors (Lipinski definition) is 3. The molecular formula is C13H16ClN3O2S. The fourth-order valence-corrected chi connectivity index (χ4v) is 3.35. The first kappa shape index (κ1) is 15.0. The van der Waals surface area contributed by atoms with Crippen molar-refractivity contribution in [1.29, 1.82) is 0 Å². The fraction of sp³-hybridized carbons (Fsp3) is 0.308. The Morgan fingerprint density at radius 3 is 2.55 bits per heavy atom. The van der Waals surface area contributed by atoms with Crippen LogP contribution in [0.25, 0.3) is 0 Å². The number of aromatic nitrogens is 2. The molecule has 5 nitrogen and oxygen atoms in total. The highest BCUT2D eigenvalue weighted by Crippen LogP contribution is 2.19. The molecule has 2 rings (SSSR count). The van der Waals surface area contributed by atoms with Crippen LogP contribution in [-0.2, 0) is 22.4 Å². The van der Waals surface area contributed by atoms with E-state index in [4.69, 9.17) is 11.6 Å². The standard InChI is InChI=1S/C13H16ClN3O2S/c1-10-3-5-11(6-4-10)9-17(2)20(18,19)13-12(7-14)8-15-16-13/h3-6,8H,7,9H2,1-2H3,(H,15,16). The van der Waals surface area contributed by atoms with Crippen LogP contribution >= 0.6 is 11.6 Å². The molecule has 0 aliphatic carbocycles. The van der Waals surface area contributed by atoms with Crippen LogP contribution in [0.4, 0.5) is 0 Å². The highest BCUT2D eigenvalue weighted by atomic mass is 35.5. The van der Waals surface area contributed by atoms with Crippen molar-refractivity contribution in [1.82, 2.24) is 14.5 Å². The summed E-state index contributed by atoms with van der Waals surface area (Å²) in [7, 11) is -2.08. The maximum Gasteiger partial charge on any atom is 0.260 e. The molecule has 20 heavy (non-hydrogen) atoms. The Morgan fingerprint density at radius 2 is 1.95 bits per heavy atom. The molecular weight excluding hydrogens is 298 g/mol. The zero-order valence-electron chi connectivity index (χ0n) is 11.3. The number of sulfonamides is 1. The third-order valence-corrected chi connectivity index (χ3v) is 5.12. The smallest absolute Gasteiger partial charge is 0.260 e. The Kier molecular flexibility index (Phi) is 4.47. The van der Waals surface area contributed by atoms with Gasteiger partial charge in [0.15, 0.2) is 5.03 Å². The van der Waals surface area contributed by atoms with Gasteiger partial charge in [0.25, 0.3) is 10.0 Å². The van der Waals surface area contributed by atoms with Gasteiger partial charge in [-0.1, -0.05) is 29.8 Å². The summed E-state index contributed by atoms with van der Waals surface area (Å²) in [5.74, 6) is 0.101. The minimum absolute atomic E-state index is 0.0575. The first-order valence-electron chi connectivity index (χ1n) is 6.05. The number of alkyl halides is 1. The lowest BCUT2D eigenvalue weighted by atomic mass is 10.1. The summed E-state index contributed by atoms with van der Waals surface area (Å²) in [6.07, 6.45) is 1.43. The maximum absolute atomic E-state index is 12.4. The molecule has 0 bridgehead atoms. The highest BCUT2D eigenvalue weighted by Gasteiger charge is 2.25. The second-order valence-corrected chi connectivity index (χ2v) is 6.85. The van der Waals surface area contributed by atoms with Crippen molar-refractivity contribution in [2.24, 2.45) is 0 Å². The number of rotatable bonds is 5. The van der Waals surface area contributed by atoms with Crippen molar-refractivity contribution >= 4 is 21.6 Å². The van der Waals surface area contributed by atoms with E-state index in [1.54, 1.807) is 0 Å². The Labute approximate surface area is 123 Å². The van der Waals surface area contributed by atoms with Crippen molar-refractivity contribution in [3.05, 3.63) is 47.2 Å². The number of benzene rings is 1. The van der Waals surface area contributed by atoms with Gasteiger partial charge in [0.1, 0.15) is 0 Å². The monoisotopic (exact) mass is 313 g/mol. The van der Waals surface area contributed by atoms with E-state index in [1.165, 1.54) is 17.5 Å². The molecule has 0 aliphatic heterocycles. The lowest BCUT2D eigenvalue weighted by Gasteiger charge is -2.17. The molecule has 0 saturated heterocycles. The summed E-state index contributed by atoms with van der Waals surface area (Å²) in [5, 5.41) is 6.31. The van der Waals surface area contributed by atoms with Crippen LogP contribution in [0.1, 0.15) is 16.7 Å². The van der Waals surface area contributed by atoms with Crippen LogP contribution in [0, 0.1) is 6.92 Å². The van der Waals surface area contributed by atoms with Gasteiger partial charge in [-0.05, 0) is 12.5 Å². The van der Waals surface area contributed by atoms with Crippen molar-refractivity contribution in [3.63, 3.8) is 0 Å². The molecule has 0 atom stereocenters. The van der Waals surface area contributed by atoms with E-state index >= 15 is 0 Å². The molecule has 0 spiro atoms. The summed E-state index contributed by atoms with van der Waals surface area (Å²) in [6.45, 7) is 2.28. The van der Waals surface area contributed by atoms with Gasteiger partial charge >= 0.3 is 0 Å².